The molecule has 0 atom stereocenters. The number of pyridine rings is 1. The Hall–Kier alpha value is -4.67. The fourth-order valence-electron chi connectivity index (χ4n) is 3.47. The molecule has 0 saturated heterocycles. The first kappa shape index (κ1) is 24.5. The van der Waals surface area contributed by atoms with Gasteiger partial charge in [0, 0.05) is 11.8 Å². The number of hydrogen-bond acceptors (Lipinski definition) is 7. The van der Waals surface area contributed by atoms with E-state index in [1.165, 1.54) is 29.1 Å². The summed E-state index contributed by atoms with van der Waals surface area (Å²) >= 11 is 0. The first-order valence-corrected chi connectivity index (χ1v) is 10.6. The van der Waals surface area contributed by atoms with Crippen molar-refractivity contribution in [3.63, 3.8) is 0 Å². The normalized spacial score (nSPS) is 11.7. The molecule has 0 unspecified atom stereocenters. The summed E-state index contributed by atoms with van der Waals surface area (Å²) in [5.74, 6) is -0.539. The average Bonchev–Trinajstić information content (AvgIpc) is 2.81. The molecular weight excluding hydrogens is 475 g/mol. The van der Waals surface area contributed by atoms with Crippen molar-refractivity contribution >= 4 is 23.2 Å². The van der Waals surface area contributed by atoms with Gasteiger partial charge < -0.3 is 9.84 Å². The number of phenols is 1. The van der Waals surface area contributed by atoms with E-state index in [4.69, 9.17) is 0 Å². The minimum absolute atomic E-state index is 0.0419. The number of alkyl halides is 3. The second-order valence-corrected chi connectivity index (χ2v) is 7.85. The SMILES string of the molecule is C=C(C)Cc1cccc(/C=N/Nc2nc3cccnc3n(-c3ccc(OC(F)(F)F)cc3)c2=O)c1O. The number of nitrogens with one attached hydrogen (secondary N) is 1. The number of nitrogens with zero attached hydrogens (tertiary/aromatic N) is 4. The molecule has 36 heavy (non-hydrogen) atoms. The van der Waals surface area contributed by atoms with Crippen molar-refractivity contribution in [2.45, 2.75) is 19.7 Å². The van der Waals surface area contributed by atoms with E-state index in [-0.39, 0.29) is 22.9 Å². The highest BCUT2D eigenvalue weighted by atomic mass is 19.4. The van der Waals surface area contributed by atoms with Crippen LogP contribution < -0.4 is 15.7 Å². The second-order valence-electron chi connectivity index (χ2n) is 7.85. The predicted octanol–water partition coefficient (Wildman–Crippen LogP) is 4.95. The quantitative estimate of drug-likeness (QED) is 0.214. The topological polar surface area (TPSA) is 102 Å². The Morgan fingerprint density at radius 2 is 1.94 bits per heavy atom. The van der Waals surface area contributed by atoms with Crippen molar-refractivity contribution in [3.05, 3.63) is 94.4 Å². The highest BCUT2D eigenvalue weighted by Crippen LogP contribution is 2.25. The molecule has 0 spiro atoms. The van der Waals surface area contributed by atoms with Crippen LogP contribution in [0.25, 0.3) is 16.9 Å². The van der Waals surface area contributed by atoms with Crippen LogP contribution in [0.5, 0.6) is 11.5 Å². The lowest BCUT2D eigenvalue weighted by Crippen LogP contribution is -2.24. The van der Waals surface area contributed by atoms with Gasteiger partial charge in [-0.15, -0.1) is 13.2 Å². The Kier molecular flexibility index (Phi) is 6.73. The molecule has 0 aliphatic rings. The van der Waals surface area contributed by atoms with Crippen LogP contribution in [0, 0.1) is 0 Å². The van der Waals surface area contributed by atoms with Crippen molar-refractivity contribution in [2.75, 3.05) is 5.43 Å². The lowest BCUT2D eigenvalue weighted by atomic mass is 10.0. The Morgan fingerprint density at radius 3 is 2.64 bits per heavy atom. The molecule has 0 saturated carbocycles. The van der Waals surface area contributed by atoms with Crippen LogP contribution in [0.2, 0.25) is 0 Å². The van der Waals surface area contributed by atoms with Gasteiger partial charge in [-0.25, -0.2) is 9.97 Å². The fourth-order valence-corrected chi connectivity index (χ4v) is 3.47. The standard InChI is InChI=1S/C25H20F3N5O3/c1-15(2)13-16-5-3-6-17(21(16)34)14-30-32-22-24(35)33(23-20(31-22)7-4-12-29-23)18-8-10-19(11-9-18)36-25(26,27)28/h3-12,14,34H,1,13H2,2H3,(H,31,32)/b30-14+. The van der Waals surface area contributed by atoms with Crippen molar-refractivity contribution in [2.24, 2.45) is 5.10 Å². The second kappa shape index (κ2) is 9.90. The van der Waals surface area contributed by atoms with Crippen molar-refractivity contribution in [1.82, 2.24) is 14.5 Å². The van der Waals surface area contributed by atoms with E-state index in [9.17, 15) is 23.1 Å². The molecule has 0 aliphatic carbocycles. The first-order valence-electron chi connectivity index (χ1n) is 10.6. The minimum atomic E-state index is -4.84. The Labute approximate surface area is 203 Å². The largest absolute Gasteiger partial charge is 0.573 e. The monoisotopic (exact) mass is 495 g/mol. The van der Waals surface area contributed by atoms with Gasteiger partial charge in [-0.2, -0.15) is 5.10 Å². The lowest BCUT2D eigenvalue weighted by Gasteiger charge is -2.13. The molecule has 0 bridgehead atoms. The van der Waals surface area contributed by atoms with Gasteiger partial charge in [0.1, 0.15) is 17.0 Å². The molecule has 4 aromatic rings. The number of phenolic OH excluding ortho intramolecular Hbond substituents is 1. The molecule has 0 radical (unpaired) electrons. The zero-order valence-corrected chi connectivity index (χ0v) is 19.0. The maximum atomic E-state index is 13.2. The van der Waals surface area contributed by atoms with Gasteiger partial charge in [0.2, 0.25) is 5.82 Å². The molecular formula is C25H20F3N5O3. The van der Waals surface area contributed by atoms with E-state index in [2.05, 4.69) is 31.8 Å². The number of rotatable bonds is 7. The van der Waals surface area contributed by atoms with Gasteiger partial charge in [-0.1, -0.05) is 24.3 Å². The maximum absolute atomic E-state index is 13.2. The van der Waals surface area contributed by atoms with Crippen LogP contribution in [-0.4, -0.2) is 32.2 Å². The molecule has 8 nitrogen and oxygen atoms in total. The van der Waals surface area contributed by atoms with Crippen molar-refractivity contribution in [1.29, 1.82) is 0 Å². The third-order valence-electron chi connectivity index (χ3n) is 4.96. The van der Waals surface area contributed by atoms with Gasteiger partial charge in [0.15, 0.2) is 5.65 Å². The van der Waals surface area contributed by atoms with Crippen molar-refractivity contribution in [3.8, 4) is 17.2 Å². The van der Waals surface area contributed by atoms with Gasteiger partial charge in [-0.05, 0) is 61.4 Å². The van der Waals surface area contributed by atoms with Crippen LogP contribution >= 0.6 is 0 Å². The Balaban J connectivity index is 1.69. The number of aromatic nitrogens is 3. The lowest BCUT2D eigenvalue weighted by molar-refractivity contribution is -0.274. The summed E-state index contributed by atoms with van der Waals surface area (Å²) in [5, 5.41) is 14.5. The molecule has 2 aromatic carbocycles. The number of allylic oxidation sites excluding steroid dienone is 1. The van der Waals surface area contributed by atoms with Gasteiger partial charge >= 0.3 is 11.9 Å². The number of benzene rings is 2. The van der Waals surface area contributed by atoms with Gasteiger partial charge in [0.05, 0.1) is 11.9 Å². The smallest absolute Gasteiger partial charge is 0.507 e. The summed E-state index contributed by atoms with van der Waals surface area (Å²) in [6.07, 6.45) is -1.53. The molecule has 11 heteroatoms. The number of fused-ring (bicyclic) bond motifs is 1. The molecule has 184 valence electrons. The molecule has 4 rings (SSSR count). The zero-order chi connectivity index (χ0) is 25.9. The number of halogens is 3. The van der Waals surface area contributed by atoms with Gasteiger partial charge in [0.25, 0.3) is 0 Å². The molecule has 0 amide bonds. The summed E-state index contributed by atoms with van der Waals surface area (Å²) in [7, 11) is 0. The molecule has 2 aromatic heterocycles. The number of hydrogen-bond donors (Lipinski definition) is 2. The molecule has 2 N–H and O–H groups in total. The van der Waals surface area contributed by atoms with Crippen LogP contribution in [0.3, 0.4) is 0 Å². The zero-order valence-electron chi connectivity index (χ0n) is 19.0. The number of para-hydroxylation sites is 1. The fraction of sp³-hybridized carbons (Fsp3) is 0.120. The molecule has 0 fully saturated rings. The summed E-state index contributed by atoms with van der Waals surface area (Å²) in [6, 6.07) is 13.2. The van der Waals surface area contributed by atoms with Crippen LogP contribution in [0.4, 0.5) is 19.0 Å². The highest BCUT2D eigenvalue weighted by molar-refractivity contribution is 5.84. The van der Waals surface area contributed by atoms with Crippen LogP contribution in [0.1, 0.15) is 18.1 Å². The number of hydrazone groups is 1. The summed E-state index contributed by atoms with van der Waals surface area (Å²) in [5.41, 5.74) is 4.73. The molecule has 2 heterocycles. The Bertz CT molecular complexity index is 1510. The molecule has 0 aliphatic heterocycles. The number of ether oxygens (including phenoxy) is 1. The van der Waals surface area contributed by atoms with E-state index < -0.39 is 17.7 Å². The van der Waals surface area contributed by atoms with E-state index >= 15 is 0 Å². The summed E-state index contributed by atoms with van der Waals surface area (Å²) in [4.78, 5) is 21.7. The maximum Gasteiger partial charge on any atom is 0.573 e. The van der Waals surface area contributed by atoms with E-state index in [0.717, 1.165) is 17.7 Å². The predicted molar refractivity (Wildman–Crippen MR) is 130 cm³/mol. The average molecular weight is 495 g/mol. The third-order valence-corrected chi connectivity index (χ3v) is 4.96. The van der Waals surface area contributed by atoms with Crippen LogP contribution in [0.15, 0.2) is 82.8 Å². The third kappa shape index (κ3) is 5.52. The first-order chi connectivity index (χ1) is 17.1. The number of aromatic hydroxyl groups is 1. The minimum Gasteiger partial charge on any atom is -0.507 e. The van der Waals surface area contributed by atoms with E-state index in [1.807, 2.05) is 6.92 Å². The Morgan fingerprint density at radius 1 is 1.19 bits per heavy atom. The summed E-state index contributed by atoms with van der Waals surface area (Å²) in [6.45, 7) is 5.70. The van der Waals surface area contributed by atoms with E-state index in [0.29, 0.717) is 23.1 Å². The van der Waals surface area contributed by atoms with Crippen molar-refractivity contribution < 1.29 is 23.0 Å². The van der Waals surface area contributed by atoms with Gasteiger partial charge in [-0.3, -0.25) is 14.8 Å². The number of anilines is 1. The highest BCUT2D eigenvalue weighted by Gasteiger charge is 2.31. The summed E-state index contributed by atoms with van der Waals surface area (Å²) < 4.78 is 42.6. The van der Waals surface area contributed by atoms with Crippen LogP contribution in [-0.2, 0) is 6.42 Å². The van der Waals surface area contributed by atoms with E-state index in [1.54, 1.807) is 30.3 Å².